The van der Waals surface area contributed by atoms with Crippen LogP contribution in [0.1, 0.15) is 55.3 Å². The van der Waals surface area contributed by atoms with Crippen LogP contribution in [0.15, 0.2) is 12.1 Å². The van der Waals surface area contributed by atoms with Gasteiger partial charge in [0.2, 0.25) is 0 Å². The molecular weight excluding hydrogens is 417 g/mol. The highest BCUT2D eigenvalue weighted by atomic mass is 35.5. The molecule has 2 unspecified atom stereocenters. The Morgan fingerprint density at radius 1 is 1.31 bits per heavy atom. The number of rotatable bonds is 7. The van der Waals surface area contributed by atoms with E-state index in [0.717, 1.165) is 32.2 Å². The summed E-state index contributed by atoms with van der Waals surface area (Å²) in [4.78, 5) is 26.1. The van der Waals surface area contributed by atoms with Gasteiger partial charge in [-0.1, -0.05) is 18.0 Å². The van der Waals surface area contributed by atoms with E-state index in [-0.39, 0.29) is 30.8 Å². The Hall–Kier alpha value is -1.70. The lowest BCUT2D eigenvalue weighted by Crippen LogP contribution is -2.57. The molecule has 0 aromatic heterocycles. The molecule has 1 aromatic rings. The standard InChI is InChI=1S/C20H28ClN3O4.ClH/c1-28-18-11-17(22)16(21)10-15(18)20(27)23-12-8-13-4-2-5-14(9-12)24(13)7-3-6-19(25)26;/h10-14H,2-9,22H2,1H3,(H,23,27)(H,25,26);1H. The van der Waals surface area contributed by atoms with Gasteiger partial charge in [-0.05, 0) is 44.7 Å². The van der Waals surface area contributed by atoms with E-state index in [1.807, 2.05) is 0 Å². The molecule has 1 aromatic carbocycles. The van der Waals surface area contributed by atoms with Crippen molar-refractivity contribution in [1.82, 2.24) is 10.2 Å². The number of aliphatic carboxylic acids is 1. The van der Waals surface area contributed by atoms with Crippen LogP contribution in [-0.2, 0) is 4.79 Å². The zero-order chi connectivity index (χ0) is 20.3. The highest BCUT2D eigenvalue weighted by Crippen LogP contribution is 2.35. The molecule has 2 atom stereocenters. The molecular formula is C20H29Cl2N3O4. The number of amides is 1. The number of benzene rings is 1. The smallest absolute Gasteiger partial charge is 0.303 e. The number of nitrogens with zero attached hydrogens (tertiary/aromatic N) is 1. The highest BCUT2D eigenvalue weighted by Gasteiger charge is 2.38. The summed E-state index contributed by atoms with van der Waals surface area (Å²) in [5.41, 5.74) is 6.56. The minimum atomic E-state index is -0.747. The Morgan fingerprint density at radius 3 is 2.55 bits per heavy atom. The molecule has 0 aliphatic carbocycles. The van der Waals surface area contributed by atoms with Crippen molar-refractivity contribution in [2.24, 2.45) is 0 Å². The van der Waals surface area contributed by atoms with Gasteiger partial charge < -0.3 is 20.9 Å². The van der Waals surface area contributed by atoms with Gasteiger partial charge in [0.05, 0.1) is 23.4 Å². The molecule has 1 amide bonds. The first-order chi connectivity index (χ1) is 13.4. The van der Waals surface area contributed by atoms with Crippen LogP contribution in [0.4, 0.5) is 5.69 Å². The van der Waals surface area contributed by atoms with Gasteiger partial charge >= 0.3 is 5.97 Å². The predicted molar refractivity (Wildman–Crippen MR) is 115 cm³/mol. The van der Waals surface area contributed by atoms with Gasteiger partial charge in [0, 0.05) is 30.6 Å². The molecule has 2 saturated heterocycles. The summed E-state index contributed by atoms with van der Waals surface area (Å²) in [6.45, 7) is 0.809. The van der Waals surface area contributed by atoms with Crippen LogP contribution in [-0.4, -0.2) is 53.7 Å². The Labute approximate surface area is 182 Å². The van der Waals surface area contributed by atoms with Gasteiger partial charge in [0.1, 0.15) is 5.75 Å². The second-order valence-electron chi connectivity index (χ2n) is 7.69. The monoisotopic (exact) mass is 445 g/mol. The first kappa shape index (κ1) is 23.6. The zero-order valence-electron chi connectivity index (χ0n) is 16.5. The topological polar surface area (TPSA) is 105 Å². The fourth-order valence-corrected chi connectivity index (χ4v) is 4.72. The van der Waals surface area contributed by atoms with Crippen LogP contribution in [0, 0.1) is 0 Å². The average molecular weight is 446 g/mol. The number of piperidine rings is 2. The number of methoxy groups -OCH3 is 1. The van der Waals surface area contributed by atoms with E-state index >= 15 is 0 Å². The van der Waals surface area contributed by atoms with E-state index in [0.29, 0.717) is 40.5 Å². The van der Waals surface area contributed by atoms with Crippen LogP contribution in [0.25, 0.3) is 0 Å². The Bertz CT molecular complexity index is 733. The SMILES string of the molecule is COc1cc(N)c(Cl)cc1C(=O)NC1CC2CCCC(C1)N2CCCC(=O)O.Cl. The summed E-state index contributed by atoms with van der Waals surface area (Å²) < 4.78 is 5.29. The Balaban J connectivity index is 0.00000300. The quantitative estimate of drug-likeness (QED) is 0.555. The molecule has 2 fully saturated rings. The molecule has 2 heterocycles. The van der Waals surface area contributed by atoms with Crippen molar-refractivity contribution in [3.63, 3.8) is 0 Å². The van der Waals surface area contributed by atoms with Crippen molar-refractivity contribution in [3.8, 4) is 5.75 Å². The summed E-state index contributed by atoms with van der Waals surface area (Å²) in [5, 5.41) is 12.4. The number of fused-ring (bicyclic) bond motifs is 2. The highest BCUT2D eigenvalue weighted by molar-refractivity contribution is 6.33. The molecule has 2 aliphatic rings. The summed E-state index contributed by atoms with van der Waals surface area (Å²) >= 11 is 6.09. The minimum absolute atomic E-state index is 0. The van der Waals surface area contributed by atoms with Gasteiger partial charge in [-0.3, -0.25) is 14.5 Å². The second-order valence-corrected chi connectivity index (χ2v) is 8.10. The molecule has 0 spiro atoms. The lowest BCUT2D eigenvalue weighted by Gasteiger charge is -2.49. The van der Waals surface area contributed by atoms with E-state index in [1.165, 1.54) is 13.5 Å². The number of anilines is 1. The number of carboxylic acids is 1. The Morgan fingerprint density at radius 2 is 1.97 bits per heavy atom. The molecule has 9 heteroatoms. The number of nitrogens with one attached hydrogen (secondary N) is 1. The molecule has 7 nitrogen and oxygen atoms in total. The molecule has 4 N–H and O–H groups in total. The van der Waals surface area contributed by atoms with Crippen LogP contribution in [0.2, 0.25) is 5.02 Å². The molecule has 2 bridgehead atoms. The number of nitrogen functional groups attached to an aromatic ring is 1. The normalized spacial score (nSPS) is 23.7. The molecule has 0 saturated carbocycles. The van der Waals surface area contributed by atoms with Gasteiger partial charge in [-0.15, -0.1) is 12.4 Å². The summed E-state index contributed by atoms with van der Waals surface area (Å²) in [6, 6.07) is 3.98. The number of hydrogen-bond acceptors (Lipinski definition) is 5. The largest absolute Gasteiger partial charge is 0.496 e. The summed E-state index contributed by atoms with van der Waals surface area (Å²) in [6.07, 6.45) is 5.99. The molecule has 0 radical (unpaired) electrons. The van der Waals surface area contributed by atoms with Crippen molar-refractivity contribution < 1.29 is 19.4 Å². The number of carbonyl (C=O) groups excluding carboxylic acids is 1. The first-order valence-electron chi connectivity index (χ1n) is 9.80. The van der Waals surface area contributed by atoms with Crippen LogP contribution in [0.3, 0.4) is 0 Å². The van der Waals surface area contributed by atoms with Crippen molar-refractivity contribution >= 4 is 41.6 Å². The lowest BCUT2D eigenvalue weighted by molar-refractivity contribution is -0.137. The van der Waals surface area contributed by atoms with Gasteiger partial charge in [-0.25, -0.2) is 0 Å². The van der Waals surface area contributed by atoms with Crippen molar-refractivity contribution in [3.05, 3.63) is 22.7 Å². The molecule has 3 rings (SSSR count). The number of ether oxygens (including phenoxy) is 1. The van der Waals surface area contributed by atoms with E-state index in [9.17, 15) is 9.59 Å². The summed E-state index contributed by atoms with van der Waals surface area (Å²) in [7, 11) is 1.50. The van der Waals surface area contributed by atoms with Crippen molar-refractivity contribution in [1.29, 1.82) is 0 Å². The second kappa shape index (κ2) is 10.4. The maximum absolute atomic E-state index is 12.8. The van der Waals surface area contributed by atoms with Crippen molar-refractivity contribution in [2.45, 2.75) is 63.1 Å². The van der Waals surface area contributed by atoms with E-state index in [2.05, 4.69) is 10.2 Å². The van der Waals surface area contributed by atoms with E-state index in [1.54, 1.807) is 12.1 Å². The third kappa shape index (κ3) is 5.68. The van der Waals surface area contributed by atoms with Crippen LogP contribution < -0.4 is 15.8 Å². The number of halogens is 2. The molecule has 2 aliphatic heterocycles. The third-order valence-corrected chi connectivity index (χ3v) is 6.16. The maximum Gasteiger partial charge on any atom is 0.303 e. The number of carbonyl (C=O) groups is 2. The van der Waals surface area contributed by atoms with Gasteiger partial charge in [-0.2, -0.15) is 0 Å². The molecule has 29 heavy (non-hydrogen) atoms. The number of carboxylic acid groups (broad SMARTS) is 1. The van der Waals surface area contributed by atoms with E-state index in [4.69, 9.17) is 27.2 Å². The van der Waals surface area contributed by atoms with E-state index < -0.39 is 5.97 Å². The maximum atomic E-state index is 12.8. The number of nitrogens with two attached hydrogens (primary N) is 1. The van der Waals surface area contributed by atoms with Crippen LogP contribution >= 0.6 is 24.0 Å². The number of hydrogen-bond donors (Lipinski definition) is 3. The lowest BCUT2D eigenvalue weighted by atomic mass is 9.81. The third-order valence-electron chi connectivity index (χ3n) is 5.83. The first-order valence-corrected chi connectivity index (χ1v) is 10.2. The fourth-order valence-electron chi connectivity index (χ4n) is 4.55. The Kier molecular flexibility index (Phi) is 8.43. The van der Waals surface area contributed by atoms with Crippen molar-refractivity contribution in [2.75, 3.05) is 19.4 Å². The zero-order valence-corrected chi connectivity index (χ0v) is 18.1. The fraction of sp³-hybridized carbons (Fsp3) is 0.600. The predicted octanol–water partition coefficient (Wildman–Crippen LogP) is 3.33. The average Bonchev–Trinajstić information content (AvgIpc) is 2.63. The van der Waals surface area contributed by atoms with Gasteiger partial charge in [0.25, 0.3) is 5.91 Å². The minimum Gasteiger partial charge on any atom is -0.496 e. The summed E-state index contributed by atoms with van der Waals surface area (Å²) in [5.74, 6) is -0.546. The van der Waals surface area contributed by atoms with Gasteiger partial charge in [0.15, 0.2) is 0 Å². The molecule has 162 valence electrons. The van der Waals surface area contributed by atoms with Crippen LogP contribution in [0.5, 0.6) is 5.75 Å².